The summed E-state index contributed by atoms with van der Waals surface area (Å²) in [6.45, 7) is 8.05. The van der Waals surface area contributed by atoms with E-state index in [1.807, 2.05) is 0 Å². The molecule has 16 heavy (non-hydrogen) atoms. The van der Waals surface area contributed by atoms with Gasteiger partial charge >= 0.3 is 0 Å². The molecule has 3 unspecified atom stereocenters. The van der Waals surface area contributed by atoms with Crippen LogP contribution in [-0.4, -0.2) is 63.5 Å². The van der Waals surface area contributed by atoms with E-state index < -0.39 is 0 Å². The fourth-order valence-corrected chi connectivity index (χ4v) is 2.26. The lowest BCUT2D eigenvalue weighted by Gasteiger charge is -2.27. The highest BCUT2D eigenvalue weighted by Gasteiger charge is 2.27. The van der Waals surface area contributed by atoms with Crippen LogP contribution in [0.4, 0.5) is 0 Å². The summed E-state index contributed by atoms with van der Waals surface area (Å²) >= 11 is 0. The van der Waals surface area contributed by atoms with Crippen molar-refractivity contribution in [2.75, 3.05) is 40.5 Å². The molecule has 4 heteroatoms. The first-order chi connectivity index (χ1) is 7.65. The largest absolute Gasteiger partial charge is 0.383 e. The molecular weight excluding hydrogens is 204 g/mol. The second kappa shape index (κ2) is 7.22. The lowest BCUT2D eigenvalue weighted by Crippen LogP contribution is -2.42. The summed E-state index contributed by atoms with van der Waals surface area (Å²) in [5.74, 6) is 0. The van der Waals surface area contributed by atoms with Crippen LogP contribution < -0.4 is 5.32 Å². The van der Waals surface area contributed by atoms with E-state index >= 15 is 0 Å². The Balaban J connectivity index is 2.12. The van der Waals surface area contributed by atoms with E-state index in [0.29, 0.717) is 18.2 Å². The third-order valence-corrected chi connectivity index (χ3v) is 3.28. The monoisotopic (exact) mass is 230 g/mol. The average molecular weight is 230 g/mol. The highest BCUT2D eigenvalue weighted by molar-refractivity contribution is 4.80. The third kappa shape index (κ3) is 4.37. The molecule has 1 aliphatic heterocycles. The summed E-state index contributed by atoms with van der Waals surface area (Å²) in [7, 11) is 3.92. The van der Waals surface area contributed by atoms with Crippen molar-refractivity contribution in [1.82, 2.24) is 10.2 Å². The predicted molar refractivity (Wildman–Crippen MR) is 65.8 cm³/mol. The highest BCUT2D eigenvalue weighted by atomic mass is 16.5. The van der Waals surface area contributed by atoms with Crippen LogP contribution >= 0.6 is 0 Å². The van der Waals surface area contributed by atoms with Gasteiger partial charge in [-0.2, -0.15) is 0 Å². The quantitative estimate of drug-likeness (QED) is 0.699. The number of ether oxygens (including phenoxy) is 2. The molecular formula is C12H26N2O2. The summed E-state index contributed by atoms with van der Waals surface area (Å²) in [6, 6.07) is 1.01. The van der Waals surface area contributed by atoms with Gasteiger partial charge in [0.1, 0.15) is 0 Å². The Morgan fingerprint density at radius 1 is 1.56 bits per heavy atom. The summed E-state index contributed by atoms with van der Waals surface area (Å²) in [5, 5.41) is 3.45. The molecule has 0 aromatic rings. The number of nitrogens with zero attached hydrogens (tertiary/aromatic N) is 1. The molecule has 0 amide bonds. The molecule has 0 aromatic heterocycles. The molecule has 1 fully saturated rings. The maximum atomic E-state index is 5.57. The standard InChI is InChI=1S/C12H26N2O2/c1-10(9-15-4)13-6-7-14(3)12-5-8-16-11(12)2/h10-13H,5-9H2,1-4H3. The zero-order chi connectivity index (χ0) is 12.0. The minimum atomic E-state index is 0.376. The topological polar surface area (TPSA) is 33.7 Å². The van der Waals surface area contributed by atoms with Crippen LogP contribution in [0.5, 0.6) is 0 Å². The molecule has 3 atom stereocenters. The smallest absolute Gasteiger partial charge is 0.0702 e. The van der Waals surface area contributed by atoms with Crippen molar-refractivity contribution in [3.05, 3.63) is 0 Å². The Labute approximate surface area is 99.3 Å². The van der Waals surface area contributed by atoms with Gasteiger partial charge in [0.2, 0.25) is 0 Å². The Hall–Kier alpha value is -0.160. The molecule has 1 heterocycles. The number of hydrogen-bond acceptors (Lipinski definition) is 4. The van der Waals surface area contributed by atoms with Crippen molar-refractivity contribution in [2.45, 2.75) is 38.5 Å². The molecule has 0 aromatic carbocycles. The molecule has 1 N–H and O–H groups in total. The number of nitrogens with one attached hydrogen (secondary N) is 1. The summed E-state index contributed by atoms with van der Waals surface area (Å²) in [6.07, 6.45) is 1.53. The second-order valence-corrected chi connectivity index (χ2v) is 4.72. The van der Waals surface area contributed by atoms with Crippen molar-refractivity contribution in [1.29, 1.82) is 0 Å². The SMILES string of the molecule is COCC(C)NCCN(C)C1CCOC1C. The van der Waals surface area contributed by atoms with Gasteiger partial charge in [-0.05, 0) is 27.3 Å². The average Bonchev–Trinajstić information content (AvgIpc) is 2.64. The maximum absolute atomic E-state index is 5.57. The van der Waals surface area contributed by atoms with Crippen molar-refractivity contribution in [3.8, 4) is 0 Å². The van der Waals surface area contributed by atoms with Crippen molar-refractivity contribution < 1.29 is 9.47 Å². The molecule has 0 aliphatic carbocycles. The van der Waals surface area contributed by atoms with Gasteiger partial charge in [-0.25, -0.2) is 0 Å². The summed E-state index contributed by atoms with van der Waals surface area (Å²) in [4.78, 5) is 2.39. The number of methoxy groups -OCH3 is 1. The normalized spacial score (nSPS) is 27.6. The first-order valence-electron chi connectivity index (χ1n) is 6.19. The minimum Gasteiger partial charge on any atom is -0.383 e. The van der Waals surface area contributed by atoms with Gasteiger partial charge in [0.15, 0.2) is 0 Å². The minimum absolute atomic E-state index is 0.376. The lowest BCUT2D eigenvalue weighted by molar-refractivity contribution is 0.0833. The highest BCUT2D eigenvalue weighted by Crippen LogP contribution is 2.17. The van der Waals surface area contributed by atoms with Crippen molar-refractivity contribution in [3.63, 3.8) is 0 Å². The van der Waals surface area contributed by atoms with Gasteiger partial charge in [-0.3, -0.25) is 4.90 Å². The van der Waals surface area contributed by atoms with Crippen LogP contribution in [-0.2, 0) is 9.47 Å². The van der Waals surface area contributed by atoms with E-state index in [9.17, 15) is 0 Å². The zero-order valence-corrected chi connectivity index (χ0v) is 11.0. The van der Waals surface area contributed by atoms with Gasteiger partial charge in [-0.1, -0.05) is 0 Å². The van der Waals surface area contributed by atoms with E-state index in [0.717, 1.165) is 32.7 Å². The van der Waals surface area contributed by atoms with Crippen LogP contribution in [0.3, 0.4) is 0 Å². The predicted octanol–water partition coefficient (Wildman–Crippen LogP) is 0.720. The summed E-state index contributed by atoms with van der Waals surface area (Å²) < 4.78 is 10.7. The van der Waals surface area contributed by atoms with Crippen LogP contribution in [0.15, 0.2) is 0 Å². The summed E-state index contributed by atoms with van der Waals surface area (Å²) in [5.41, 5.74) is 0. The first-order valence-corrected chi connectivity index (χ1v) is 6.19. The van der Waals surface area contributed by atoms with Crippen LogP contribution in [0.25, 0.3) is 0 Å². The molecule has 1 rings (SSSR count). The molecule has 1 saturated heterocycles. The van der Waals surface area contributed by atoms with Crippen LogP contribution in [0, 0.1) is 0 Å². The zero-order valence-electron chi connectivity index (χ0n) is 11.0. The van der Waals surface area contributed by atoms with Crippen molar-refractivity contribution >= 4 is 0 Å². The molecule has 0 bridgehead atoms. The van der Waals surface area contributed by atoms with Gasteiger partial charge in [0, 0.05) is 38.9 Å². The van der Waals surface area contributed by atoms with Crippen LogP contribution in [0.2, 0.25) is 0 Å². The first kappa shape index (κ1) is 13.9. The van der Waals surface area contributed by atoms with Gasteiger partial charge in [0.05, 0.1) is 12.7 Å². The van der Waals surface area contributed by atoms with Gasteiger partial charge in [-0.15, -0.1) is 0 Å². The Morgan fingerprint density at radius 3 is 2.88 bits per heavy atom. The van der Waals surface area contributed by atoms with Gasteiger partial charge < -0.3 is 14.8 Å². The van der Waals surface area contributed by atoms with E-state index in [1.54, 1.807) is 7.11 Å². The second-order valence-electron chi connectivity index (χ2n) is 4.72. The van der Waals surface area contributed by atoms with Crippen molar-refractivity contribution in [2.24, 2.45) is 0 Å². The molecule has 4 nitrogen and oxygen atoms in total. The Bertz CT molecular complexity index is 190. The molecule has 96 valence electrons. The molecule has 0 saturated carbocycles. The maximum Gasteiger partial charge on any atom is 0.0702 e. The van der Waals surface area contributed by atoms with E-state index in [-0.39, 0.29) is 0 Å². The molecule has 0 radical (unpaired) electrons. The Kier molecular flexibility index (Phi) is 6.28. The number of likely N-dealkylation sites (N-methyl/N-ethyl adjacent to an activating group) is 1. The molecule has 0 spiro atoms. The number of rotatable bonds is 7. The Morgan fingerprint density at radius 2 is 2.31 bits per heavy atom. The van der Waals surface area contributed by atoms with Crippen LogP contribution in [0.1, 0.15) is 20.3 Å². The lowest BCUT2D eigenvalue weighted by atomic mass is 10.1. The fourth-order valence-electron chi connectivity index (χ4n) is 2.26. The number of hydrogen-bond donors (Lipinski definition) is 1. The fraction of sp³-hybridized carbons (Fsp3) is 1.00. The van der Waals surface area contributed by atoms with E-state index in [1.165, 1.54) is 0 Å². The van der Waals surface area contributed by atoms with Gasteiger partial charge in [0.25, 0.3) is 0 Å². The molecule has 1 aliphatic rings. The van der Waals surface area contributed by atoms with E-state index in [2.05, 4.69) is 31.1 Å². The third-order valence-electron chi connectivity index (χ3n) is 3.28. The van der Waals surface area contributed by atoms with E-state index in [4.69, 9.17) is 9.47 Å².